The van der Waals surface area contributed by atoms with Gasteiger partial charge in [0.2, 0.25) is 5.91 Å². The highest BCUT2D eigenvalue weighted by atomic mass is 16.5. The van der Waals surface area contributed by atoms with Crippen molar-refractivity contribution in [3.8, 4) is 5.75 Å². The maximum absolute atomic E-state index is 13.3. The number of carbonyl (C=O) groups is 3. The molecule has 2 amide bonds. The number of hydrogen-bond donors (Lipinski definition) is 1. The van der Waals surface area contributed by atoms with E-state index in [1.165, 1.54) is 4.90 Å². The van der Waals surface area contributed by atoms with Gasteiger partial charge in [-0.2, -0.15) is 0 Å². The highest BCUT2D eigenvalue weighted by molar-refractivity contribution is 6.02. The molecule has 2 unspecified atom stereocenters. The molecule has 0 spiro atoms. The van der Waals surface area contributed by atoms with Crippen LogP contribution in [-0.4, -0.2) is 54.0 Å². The number of carbonyl (C=O) groups excluding carboxylic acids is 2. The maximum Gasteiger partial charge on any atom is 0.407 e. The normalized spacial score (nSPS) is 16.1. The topological polar surface area (TPSA) is 87.2 Å². The first-order valence-corrected chi connectivity index (χ1v) is 12.0. The molecule has 2 aliphatic heterocycles. The van der Waals surface area contributed by atoms with Crippen LogP contribution in [0, 0.1) is 0 Å². The van der Waals surface area contributed by atoms with Gasteiger partial charge in [0.15, 0.2) is 5.78 Å². The monoisotopic (exact) mass is 464 g/mol. The Hall–Kier alpha value is -3.35. The number of methoxy groups -OCH3 is 1. The summed E-state index contributed by atoms with van der Waals surface area (Å²) in [7, 11) is 1.60. The third kappa shape index (κ3) is 4.39. The van der Waals surface area contributed by atoms with Crippen LogP contribution in [0.3, 0.4) is 0 Å². The number of hydrogen-bond acceptors (Lipinski definition) is 4. The van der Waals surface area contributed by atoms with E-state index in [9.17, 15) is 19.5 Å². The summed E-state index contributed by atoms with van der Waals surface area (Å²) in [5.41, 5.74) is 4.75. The van der Waals surface area contributed by atoms with Gasteiger partial charge < -0.3 is 19.6 Å². The number of benzene rings is 2. The predicted molar refractivity (Wildman–Crippen MR) is 130 cm³/mol. The fourth-order valence-corrected chi connectivity index (χ4v) is 5.49. The molecule has 0 radical (unpaired) electrons. The first-order valence-electron chi connectivity index (χ1n) is 12.0. The van der Waals surface area contributed by atoms with Crippen LogP contribution in [0.4, 0.5) is 10.5 Å². The molecular weight excluding hydrogens is 432 g/mol. The maximum atomic E-state index is 13.3. The number of ether oxygens (including phenoxy) is 1. The van der Waals surface area contributed by atoms with Crippen molar-refractivity contribution in [2.45, 2.75) is 57.9 Å². The molecule has 0 saturated heterocycles. The van der Waals surface area contributed by atoms with Crippen LogP contribution >= 0.6 is 0 Å². The molecule has 0 bridgehead atoms. The largest absolute Gasteiger partial charge is 0.496 e. The van der Waals surface area contributed by atoms with Crippen LogP contribution in [0.15, 0.2) is 36.4 Å². The Balaban J connectivity index is 1.59. The Bertz CT molecular complexity index is 1110. The van der Waals surface area contributed by atoms with E-state index >= 15 is 0 Å². The van der Waals surface area contributed by atoms with Gasteiger partial charge in [-0.25, -0.2) is 4.79 Å². The van der Waals surface area contributed by atoms with Gasteiger partial charge in [-0.1, -0.05) is 18.2 Å². The number of Topliss-reactive ketones (excluding diaryl/α,β-unsaturated/α-hetero) is 1. The predicted octanol–water partition coefficient (Wildman–Crippen LogP) is 4.67. The molecule has 7 nitrogen and oxygen atoms in total. The van der Waals surface area contributed by atoms with Crippen LogP contribution in [-0.2, 0) is 17.6 Å². The van der Waals surface area contributed by atoms with Crippen LogP contribution in [0.25, 0.3) is 0 Å². The van der Waals surface area contributed by atoms with Crippen LogP contribution in [0.1, 0.15) is 66.1 Å². The summed E-state index contributed by atoms with van der Waals surface area (Å²) in [6.07, 6.45) is 1.76. The van der Waals surface area contributed by atoms with E-state index in [0.717, 1.165) is 28.8 Å². The van der Waals surface area contributed by atoms with Crippen molar-refractivity contribution in [2.24, 2.45) is 0 Å². The second-order valence-corrected chi connectivity index (χ2v) is 9.06. The summed E-state index contributed by atoms with van der Waals surface area (Å²) >= 11 is 0. The number of carboxylic acid groups (broad SMARTS) is 1. The second-order valence-electron chi connectivity index (χ2n) is 9.06. The number of aryl methyl sites for hydroxylation is 1. The lowest BCUT2D eigenvalue weighted by molar-refractivity contribution is -0.118. The average molecular weight is 465 g/mol. The van der Waals surface area contributed by atoms with E-state index in [0.29, 0.717) is 50.1 Å². The Morgan fingerprint density at radius 3 is 2.53 bits per heavy atom. The average Bonchev–Trinajstić information content (AvgIpc) is 3.27. The minimum absolute atomic E-state index is 0.0415. The summed E-state index contributed by atoms with van der Waals surface area (Å²) < 4.78 is 5.56. The smallest absolute Gasteiger partial charge is 0.407 e. The van der Waals surface area contributed by atoms with Gasteiger partial charge >= 0.3 is 6.09 Å². The van der Waals surface area contributed by atoms with Gasteiger partial charge in [-0.3, -0.25) is 9.59 Å². The van der Waals surface area contributed by atoms with E-state index in [1.54, 1.807) is 7.11 Å². The highest BCUT2D eigenvalue weighted by Gasteiger charge is 2.33. The molecule has 0 aliphatic carbocycles. The molecule has 2 aliphatic rings. The molecular formula is C27H32N2O5. The third-order valence-electron chi connectivity index (χ3n) is 7.25. The SMILES string of the molecule is CCN(C(=O)O)C(C)C(CCC(=O)c1cc2c3c(c1)CCN3C(=O)CC2)c1ccccc1OC. The van der Waals surface area contributed by atoms with E-state index < -0.39 is 6.09 Å². The Morgan fingerprint density at radius 2 is 1.85 bits per heavy atom. The zero-order valence-corrected chi connectivity index (χ0v) is 20.0. The van der Waals surface area contributed by atoms with Crippen molar-refractivity contribution in [3.05, 3.63) is 58.7 Å². The zero-order valence-electron chi connectivity index (χ0n) is 20.0. The Labute approximate surface area is 200 Å². The lowest BCUT2D eigenvalue weighted by atomic mass is 9.85. The molecule has 34 heavy (non-hydrogen) atoms. The summed E-state index contributed by atoms with van der Waals surface area (Å²) in [6, 6.07) is 11.2. The molecule has 4 rings (SSSR count). The van der Waals surface area contributed by atoms with Crippen LogP contribution in [0.5, 0.6) is 5.75 Å². The van der Waals surface area contributed by atoms with Gasteiger partial charge in [0.1, 0.15) is 5.75 Å². The summed E-state index contributed by atoms with van der Waals surface area (Å²) in [5, 5.41) is 9.71. The van der Waals surface area contributed by atoms with E-state index in [4.69, 9.17) is 4.74 Å². The van der Waals surface area contributed by atoms with E-state index in [-0.39, 0.29) is 23.7 Å². The molecule has 180 valence electrons. The first-order chi connectivity index (χ1) is 16.3. The molecule has 7 heteroatoms. The second kappa shape index (κ2) is 9.87. The molecule has 2 heterocycles. The zero-order chi connectivity index (χ0) is 24.4. The van der Waals surface area contributed by atoms with Gasteiger partial charge in [0.05, 0.1) is 12.8 Å². The molecule has 1 N–H and O–H groups in total. The Morgan fingerprint density at radius 1 is 1.15 bits per heavy atom. The van der Waals surface area contributed by atoms with Crippen molar-refractivity contribution in [2.75, 3.05) is 25.1 Å². The summed E-state index contributed by atoms with van der Waals surface area (Å²) in [6.45, 7) is 4.76. The molecule has 0 aromatic heterocycles. The van der Waals surface area contributed by atoms with Gasteiger partial charge in [0, 0.05) is 43.5 Å². The minimum Gasteiger partial charge on any atom is -0.496 e. The number of para-hydroxylation sites is 1. The van der Waals surface area contributed by atoms with Crippen molar-refractivity contribution < 1.29 is 24.2 Å². The summed E-state index contributed by atoms with van der Waals surface area (Å²) in [4.78, 5) is 40.6. The van der Waals surface area contributed by atoms with Crippen molar-refractivity contribution in [1.29, 1.82) is 0 Å². The first kappa shape index (κ1) is 23.8. The van der Waals surface area contributed by atoms with Crippen LogP contribution in [0.2, 0.25) is 0 Å². The van der Waals surface area contributed by atoms with Crippen LogP contribution < -0.4 is 9.64 Å². The number of rotatable bonds is 9. The lowest BCUT2D eigenvalue weighted by Gasteiger charge is -2.33. The number of ketones is 1. The standard InChI is InChI=1S/C27H32N2O5/c1-4-28(27(32)33)17(2)21(22-7-5-6-8-24(22)34-3)10-11-23(30)20-15-18-9-12-25(31)29-14-13-19(16-20)26(18)29/h5-8,15-17,21H,4,9-14H2,1-3H3,(H,32,33). The molecule has 0 saturated carbocycles. The fraction of sp³-hybridized carbons (Fsp3) is 0.444. The highest BCUT2D eigenvalue weighted by Crippen LogP contribution is 2.39. The van der Waals surface area contributed by atoms with E-state index in [2.05, 4.69) is 0 Å². The number of nitrogens with zero attached hydrogens (tertiary/aromatic N) is 2. The third-order valence-corrected chi connectivity index (χ3v) is 7.25. The number of likely N-dealkylation sites (N-methyl/N-ethyl adjacent to an activating group) is 1. The van der Waals surface area contributed by atoms with Crippen molar-refractivity contribution in [1.82, 2.24) is 4.90 Å². The van der Waals surface area contributed by atoms with Gasteiger partial charge in [-0.05, 0) is 68.0 Å². The quantitative estimate of drug-likeness (QED) is 0.545. The Kier molecular flexibility index (Phi) is 6.91. The molecule has 2 aromatic rings. The fourth-order valence-electron chi connectivity index (χ4n) is 5.49. The molecule has 2 aromatic carbocycles. The van der Waals surface area contributed by atoms with E-state index in [1.807, 2.05) is 55.1 Å². The molecule has 0 fully saturated rings. The van der Waals surface area contributed by atoms with Crippen molar-refractivity contribution in [3.63, 3.8) is 0 Å². The lowest BCUT2D eigenvalue weighted by Crippen LogP contribution is -2.41. The number of anilines is 1. The number of amides is 2. The summed E-state index contributed by atoms with van der Waals surface area (Å²) in [5.74, 6) is 0.703. The molecule has 2 atom stereocenters. The minimum atomic E-state index is -0.974. The van der Waals surface area contributed by atoms with Crippen molar-refractivity contribution >= 4 is 23.5 Å². The van der Waals surface area contributed by atoms with Gasteiger partial charge in [0.25, 0.3) is 0 Å². The van der Waals surface area contributed by atoms with Gasteiger partial charge in [-0.15, -0.1) is 0 Å².